The summed E-state index contributed by atoms with van der Waals surface area (Å²) in [6.45, 7) is 1.94. The lowest BCUT2D eigenvalue weighted by Gasteiger charge is -2.31. The van der Waals surface area contributed by atoms with E-state index in [1.807, 2.05) is 17.5 Å². The molecule has 8 nitrogen and oxygen atoms in total. The van der Waals surface area contributed by atoms with Crippen molar-refractivity contribution in [3.63, 3.8) is 0 Å². The van der Waals surface area contributed by atoms with Gasteiger partial charge in [-0.25, -0.2) is 9.78 Å². The van der Waals surface area contributed by atoms with Gasteiger partial charge in [0.25, 0.3) is 0 Å². The molecule has 1 aromatic carbocycles. The van der Waals surface area contributed by atoms with Gasteiger partial charge in [0.1, 0.15) is 6.10 Å². The number of carboxylic acid groups (broad SMARTS) is 1. The highest BCUT2D eigenvalue weighted by Gasteiger charge is 2.29. The molecule has 2 aromatic rings. The zero-order chi connectivity index (χ0) is 20.4. The van der Waals surface area contributed by atoms with E-state index in [0.29, 0.717) is 42.6 Å². The van der Waals surface area contributed by atoms with Crippen molar-refractivity contribution in [1.29, 1.82) is 0 Å². The average Bonchev–Trinajstić information content (AvgIpc) is 3.37. The van der Waals surface area contributed by atoms with Crippen molar-refractivity contribution in [2.45, 2.75) is 37.8 Å². The van der Waals surface area contributed by atoms with Crippen molar-refractivity contribution in [2.24, 2.45) is 0 Å². The van der Waals surface area contributed by atoms with Crippen LogP contribution in [0.25, 0.3) is 0 Å². The van der Waals surface area contributed by atoms with Crippen LogP contribution in [0.5, 0.6) is 11.5 Å². The Kier molecular flexibility index (Phi) is 5.66. The molecule has 1 amide bonds. The van der Waals surface area contributed by atoms with E-state index < -0.39 is 6.09 Å². The molecule has 4 rings (SSSR count). The predicted octanol–water partition coefficient (Wildman–Crippen LogP) is 3.60. The van der Waals surface area contributed by atoms with Gasteiger partial charge in [0.05, 0.1) is 18.8 Å². The van der Waals surface area contributed by atoms with Gasteiger partial charge < -0.3 is 30.1 Å². The van der Waals surface area contributed by atoms with Crippen LogP contribution >= 0.6 is 11.3 Å². The Bertz CT molecular complexity index is 866. The molecule has 0 aliphatic carbocycles. The molecule has 1 aromatic heterocycles. The molecule has 0 saturated carbocycles. The van der Waals surface area contributed by atoms with E-state index in [9.17, 15) is 4.79 Å². The van der Waals surface area contributed by atoms with E-state index in [1.165, 1.54) is 16.2 Å². The summed E-state index contributed by atoms with van der Waals surface area (Å²) in [7, 11) is 1.64. The van der Waals surface area contributed by atoms with Gasteiger partial charge in [-0.2, -0.15) is 0 Å². The molecule has 0 bridgehead atoms. The van der Waals surface area contributed by atoms with Crippen molar-refractivity contribution in [3.05, 3.63) is 29.3 Å². The molecule has 1 unspecified atom stereocenters. The number of nitrogens with two attached hydrogens (primary N) is 1. The van der Waals surface area contributed by atoms with Gasteiger partial charge in [0.2, 0.25) is 0 Å². The fourth-order valence-electron chi connectivity index (χ4n) is 4.11. The number of anilines is 2. The Balaban J connectivity index is 1.47. The standard InChI is InChI=1S/C20H26N4O4S/c1-27-18-11-13(24-8-2-3-16(24)15-12-29-19(21)22-15)4-5-17(18)28-14-6-9-23(10-7-14)20(25)26/h4-5,11-12,14,16H,2-3,6-10H2,1H3,(H2,21,22)(H,25,26). The second-order valence-electron chi connectivity index (χ2n) is 7.38. The van der Waals surface area contributed by atoms with Crippen LogP contribution in [0.2, 0.25) is 0 Å². The minimum absolute atomic E-state index is 0.0112. The maximum Gasteiger partial charge on any atom is 0.407 e. The zero-order valence-electron chi connectivity index (χ0n) is 16.4. The van der Waals surface area contributed by atoms with Crippen LogP contribution in [0.15, 0.2) is 23.6 Å². The number of rotatable bonds is 5. The molecular weight excluding hydrogens is 392 g/mol. The summed E-state index contributed by atoms with van der Waals surface area (Å²) in [6.07, 6.45) is 2.62. The number of ether oxygens (including phenoxy) is 2. The highest BCUT2D eigenvalue weighted by molar-refractivity contribution is 7.13. The Hall–Kier alpha value is -2.68. The maximum absolute atomic E-state index is 11.1. The number of nitrogen functional groups attached to an aromatic ring is 1. The number of aromatic nitrogens is 1. The molecule has 2 fully saturated rings. The molecule has 0 spiro atoms. The topological polar surface area (TPSA) is 101 Å². The first kappa shape index (κ1) is 19.6. The number of piperidine rings is 1. The van der Waals surface area contributed by atoms with E-state index in [4.69, 9.17) is 20.3 Å². The van der Waals surface area contributed by atoms with Gasteiger partial charge >= 0.3 is 6.09 Å². The highest BCUT2D eigenvalue weighted by Crippen LogP contribution is 2.40. The second kappa shape index (κ2) is 8.36. The summed E-state index contributed by atoms with van der Waals surface area (Å²) in [6, 6.07) is 6.23. The van der Waals surface area contributed by atoms with Crippen LogP contribution in [0, 0.1) is 0 Å². The first-order chi connectivity index (χ1) is 14.0. The molecule has 2 aliphatic heterocycles. The molecule has 3 N–H and O–H groups in total. The summed E-state index contributed by atoms with van der Waals surface area (Å²) >= 11 is 1.48. The number of benzene rings is 1. The Morgan fingerprint density at radius 1 is 1.24 bits per heavy atom. The van der Waals surface area contributed by atoms with Crippen molar-refractivity contribution >= 4 is 28.2 Å². The molecule has 29 heavy (non-hydrogen) atoms. The summed E-state index contributed by atoms with van der Waals surface area (Å²) in [5, 5.41) is 11.7. The van der Waals surface area contributed by atoms with Crippen LogP contribution in [-0.2, 0) is 0 Å². The summed E-state index contributed by atoms with van der Waals surface area (Å²) in [5.74, 6) is 1.38. The third-order valence-electron chi connectivity index (χ3n) is 5.62. The third-order valence-corrected chi connectivity index (χ3v) is 6.31. The van der Waals surface area contributed by atoms with Crippen molar-refractivity contribution in [2.75, 3.05) is 37.4 Å². The number of methoxy groups -OCH3 is 1. The van der Waals surface area contributed by atoms with Gasteiger partial charge in [-0.3, -0.25) is 0 Å². The van der Waals surface area contributed by atoms with Gasteiger partial charge in [-0.15, -0.1) is 11.3 Å². The van der Waals surface area contributed by atoms with E-state index in [0.717, 1.165) is 30.8 Å². The smallest absolute Gasteiger partial charge is 0.407 e. The van der Waals surface area contributed by atoms with Crippen molar-refractivity contribution in [1.82, 2.24) is 9.88 Å². The zero-order valence-corrected chi connectivity index (χ0v) is 17.2. The molecule has 156 valence electrons. The first-order valence-corrected chi connectivity index (χ1v) is 10.7. The third kappa shape index (κ3) is 4.19. The first-order valence-electron chi connectivity index (χ1n) is 9.85. The number of nitrogens with zero attached hydrogens (tertiary/aromatic N) is 3. The number of hydrogen-bond donors (Lipinski definition) is 2. The quantitative estimate of drug-likeness (QED) is 0.765. The summed E-state index contributed by atoms with van der Waals surface area (Å²) in [5.41, 5.74) is 7.92. The van der Waals surface area contributed by atoms with Gasteiger partial charge in [-0.1, -0.05) is 0 Å². The van der Waals surface area contributed by atoms with E-state index in [1.54, 1.807) is 7.11 Å². The maximum atomic E-state index is 11.1. The summed E-state index contributed by atoms with van der Waals surface area (Å²) in [4.78, 5) is 19.3. The lowest BCUT2D eigenvalue weighted by atomic mass is 10.1. The molecule has 0 radical (unpaired) electrons. The fraction of sp³-hybridized carbons (Fsp3) is 0.500. The Morgan fingerprint density at radius 2 is 2.03 bits per heavy atom. The molecule has 3 heterocycles. The number of likely N-dealkylation sites (tertiary alicyclic amines) is 1. The second-order valence-corrected chi connectivity index (χ2v) is 8.27. The molecule has 2 saturated heterocycles. The van der Waals surface area contributed by atoms with E-state index >= 15 is 0 Å². The monoisotopic (exact) mass is 418 g/mol. The number of amides is 1. The molecule has 9 heteroatoms. The summed E-state index contributed by atoms with van der Waals surface area (Å²) < 4.78 is 11.7. The van der Waals surface area contributed by atoms with Crippen LogP contribution in [0.1, 0.15) is 37.4 Å². The number of thiazole rings is 1. The number of hydrogen-bond acceptors (Lipinski definition) is 7. The fourth-order valence-corrected chi connectivity index (χ4v) is 4.72. The van der Waals surface area contributed by atoms with Gasteiger partial charge in [0.15, 0.2) is 16.6 Å². The predicted molar refractivity (Wildman–Crippen MR) is 112 cm³/mol. The normalized spacial score (nSPS) is 20.1. The van der Waals surface area contributed by atoms with Crippen molar-refractivity contribution in [3.8, 4) is 11.5 Å². The number of carbonyl (C=O) groups is 1. The Morgan fingerprint density at radius 3 is 2.69 bits per heavy atom. The van der Waals surface area contributed by atoms with Gasteiger partial charge in [-0.05, 0) is 25.0 Å². The minimum Gasteiger partial charge on any atom is -0.493 e. The molecule has 1 atom stereocenters. The lowest BCUT2D eigenvalue weighted by Crippen LogP contribution is -2.41. The van der Waals surface area contributed by atoms with Crippen LogP contribution in [0.3, 0.4) is 0 Å². The Labute approximate surface area is 173 Å². The van der Waals surface area contributed by atoms with Crippen LogP contribution in [-0.4, -0.2) is 53.9 Å². The van der Waals surface area contributed by atoms with Crippen LogP contribution < -0.4 is 20.1 Å². The van der Waals surface area contributed by atoms with Crippen LogP contribution in [0.4, 0.5) is 15.6 Å². The average molecular weight is 419 g/mol. The highest BCUT2D eigenvalue weighted by atomic mass is 32.1. The van der Waals surface area contributed by atoms with E-state index in [-0.39, 0.29) is 12.1 Å². The van der Waals surface area contributed by atoms with Crippen molar-refractivity contribution < 1.29 is 19.4 Å². The molecule has 2 aliphatic rings. The van der Waals surface area contributed by atoms with E-state index in [2.05, 4.69) is 16.0 Å². The SMILES string of the molecule is COc1cc(N2CCCC2c2csc(N)n2)ccc1OC1CCN(C(=O)O)CC1. The molecular formula is C20H26N4O4S. The van der Waals surface area contributed by atoms with Gasteiger partial charge in [0, 0.05) is 49.6 Å². The largest absolute Gasteiger partial charge is 0.493 e. The lowest BCUT2D eigenvalue weighted by molar-refractivity contribution is 0.0878. The minimum atomic E-state index is -0.868.